The van der Waals surface area contributed by atoms with Crippen LogP contribution in [0, 0.1) is 11.6 Å². The number of piperazine rings is 1. The molecule has 4 aromatic rings. The lowest BCUT2D eigenvalue weighted by atomic mass is 9.96. The summed E-state index contributed by atoms with van der Waals surface area (Å²) in [5.74, 6) is -0.978. The highest BCUT2D eigenvalue weighted by Gasteiger charge is 2.31. The van der Waals surface area contributed by atoms with E-state index in [4.69, 9.17) is 32.9 Å². The van der Waals surface area contributed by atoms with Gasteiger partial charge >= 0.3 is 6.01 Å². The van der Waals surface area contributed by atoms with Crippen LogP contribution < -0.4 is 9.64 Å². The average molecular weight is 627 g/mol. The van der Waals surface area contributed by atoms with Crippen LogP contribution in [0.25, 0.3) is 32.8 Å². The summed E-state index contributed by atoms with van der Waals surface area (Å²) in [7, 11) is 2.05. The number of amides is 1. The molecule has 0 spiro atoms. The third kappa shape index (κ3) is 5.39. The van der Waals surface area contributed by atoms with E-state index >= 15 is 4.39 Å². The summed E-state index contributed by atoms with van der Waals surface area (Å²) in [6, 6.07) is 9.81. The molecule has 224 valence electrons. The molecule has 0 bridgehead atoms. The first-order chi connectivity index (χ1) is 20.7. The number of likely N-dealkylation sites (tertiary alicyclic amines) is 1. The molecule has 3 aromatic carbocycles. The molecule has 11 heteroatoms. The molecule has 2 unspecified atom stereocenters. The zero-order valence-electron chi connectivity index (χ0n) is 23.9. The standard InChI is InChI=1S/C32H31Cl2F2N5O2/c1-4-25(42)40-13-14-41(18(2)16-40)31-22-15-23(33)27(21-9-5-7-19-10-11-24(35)28(34)26(19)21)29(36)30(22)37-32(38-31)43-17-20-8-6-12-39(20)3/h4-5,7,9-11,15,18,20H,1,6,8,12-14,16-17H2,2-3H3. The quantitative estimate of drug-likeness (QED) is 0.221. The number of hydrogen-bond donors (Lipinski definition) is 0. The fraction of sp³-hybridized carbons (Fsp3) is 0.344. The maximum atomic E-state index is 16.8. The Morgan fingerprint density at radius 3 is 2.70 bits per heavy atom. The summed E-state index contributed by atoms with van der Waals surface area (Å²) < 4.78 is 37.4. The lowest BCUT2D eigenvalue weighted by molar-refractivity contribution is -0.126. The number of anilines is 1. The van der Waals surface area contributed by atoms with Gasteiger partial charge in [0.2, 0.25) is 5.91 Å². The number of carbonyl (C=O) groups excluding carboxylic acids is 1. The van der Waals surface area contributed by atoms with Crippen LogP contribution in [0.2, 0.25) is 10.0 Å². The highest BCUT2D eigenvalue weighted by Crippen LogP contribution is 2.43. The van der Waals surface area contributed by atoms with E-state index in [9.17, 15) is 9.18 Å². The largest absolute Gasteiger partial charge is 0.462 e. The number of nitrogens with zero attached hydrogens (tertiary/aromatic N) is 5. The third-order valence-electron chi connectivity index (χ3n) is 8.51. The Morgan fingerprint density at radius 2 is 1.98 bits per heavy atom. The van der Waals surface area contributed by atoms with Crippen molar-refractivity contribution >= 4 is 56.6 Å². The van der Waals surface area contributed by atoms with Gasteiger partial charge in [-0.25, -0.2) is 8.78 Å². The van der Waals surface area contributed by atoms with Gasteiger partial charge in [0.25, 0.3) is 0 Å². The number of benzene rings is 3. The minimum atomic E-state index is -0.685. The number of rotatable bonds is 6. The second-order valence-electron chi connectivity index (χ2n) is 11.2. The van der Waals surface area contributed by atoms with Gasteiger partial charge in [0.1, 0.15) is 23.8 Å². The van der Waals surface area contributed by atoms with Crippen molar-refractivity contribution in [1.82, 2.24) is 19.8 Å². The van der Waals surface area contributed by atoms with Gasteiger partial charge < -0.3 is 19.4 Å². The minimum Gasteiger partial charge on any atom is -0.462 e. The van der Waals surface area contributed by atoms with E-state index in [2.05, 4.69) is 16.5 Å². The molecule has 6 rings (SSSR count). The van der Waals surface area contributed by atoms with Gasteiger partial charge in [0.05, 0.1) is 10.0 Å². The van der Waals surface area contributed by atoms with E-state index in [-0.39, 0.29) is 45.1 Å². The fourth-order valence-electron chi connectivity index (χ4n) is 6.17. The number of ether oxygens (including phenoxy) is 1. The van der Waals surface area contributed by atoms with E-state index in [0.717, 1.165) is 19.4 Å². The van der Waals surface area contributed by atoms with Gasteiger partial charge in [0.15, 0.2) is 5.82 Å². The van der Waals surface area contributed by atoms with Gasteiger partial charge in [-0.15, -0.1) is 0 Å². The molecule has 3 heterocycles. The molecule has 2 saturated heterocycles. The molecule has 0 radical (unpaired) electrons. The predicted molar refractivity (Wildman–Crippen MR) is 167 cm³/mol. The van der Waals surface area contributed by atoms with Crippen molar-refractivity contribution in [2.24, 2.45) is 0 Å². The van der Waals surface area contributed by atoms with Crippen LogP contribution in [0.4, 0.5) is 14.6 Å². The summed E-state index contributed by atoms with van der Waals surface area (Å²) in [5, 5.41) is 1.41. The zero-order valence-corrected chi connectivity index (χ0v) is 25.4. The van der Waals surface area contributed by atoms with Crippen LogP contribution in [-0.2, 0) is 4.79 Å². The van der Waals surface area contributed by atoms with Crippen molar-refractivity contribution in [1.29, 1.82) is 0 Å². The minimum absolute atomic E-state index is 0.0282. The van der Waals surface area contributed by atoms with Crippen molar-refractivity contribution in [2.75, 3.05) is 44.7 Å². The lowest BCUT2D eigenvalue weighted by Gasteiger charge is -2.40. The second kappa shape index (κ2) is 11.9. The normalized spacial score (nSPS) is 19.4. The SMILES string of the molecule is C=CC(=O)N1CCN(c2nc(OCC3CCCN3C)nc3c(F)c(-c4cccc5ccc(F)c(Cl)c45)c(Cl)cc23)C(C)C1. The molecule has 2 fully saturated rings. The van der Waals surface area contributed by atoms with E-state index in [1.54, 1.807) is 35.2 Å². The molecule has 2 aliphatic heterocycles. The number of carbonyl (C=O) groups is 1. The lowest BCUT2D eigenvalue weighted by Crippen LogP contribution is -2.53. The molecule has 1 amide bonds. The Morgan fingerprint density at radius 1 is 1.16 bits per heavy atom. The van der Waals surface area contributed by atoms with Crippen LogP contribution >= 0.6 is 23.2 Å². The summed E-state index contributed by atoms with van der Waals surface area (Å²) in [4.78, 5) is 27.6. The topological polar surface area (TPSA) is 61.8 Å². The summed E-state index contributed by atoms with van der Waals surface area (Å²) in [5.41, 5.74) is 0.444. The molecule has 2 aliphatic rings. The first-order valence-electron chi connectivity index (χ1n) is 14.3. The Kier molecular flexibility index (Phi) is 8.15. The molecule has 43 heavy (non-hydrogen) atoms. The molecule has 0 N–H and O–H groups in total. The average Bonchev–Trinajstić information content (AvgIpc) is 3.42. The van der Waals surface area contributed by atoms with Crippen molar-refractivity contribution < 1.29 is 18.3 Å². The molecule has 1 aromatic heterocycles. The number of likely N-dealkylation sites (N-methyl/N-ethyl adjacent to an activating group) is 1. The zero-order chi connectivity index (χ0) is 30.4. The van der Waals surface area contributed by atoms with Crippen molar-refractivity contribution in [3.63, 3.8) is 0 Å². The van der Waals surface area contributed by atoms with E-state index < -0.39 is 11.6 Å². The molecular formula is C32H31Cl2F2N5O2. The van der Waals surface area contributed by atoms with E-state index in [0.29, 0.717) is 53.8 Å². The van der Waals surface area contributed by atoms with Gasteiger partial charge in [-0.2, -0.15) is 9.97 Å². The summed E-state index contributed by atoms with van der Waals surface area (Å²) in [6.45, 7) is 8.25. The number of halogens is 4. The monoisotopic (exact) mass is 625 g/mol. The van der Waals surface area contributed by atoms with Crippen LogP contribution in [-0.4, -0.2) is 77.6 Å². The van der Waals surface area contributed by atoms with Gasteiger partial charge in [-0.3, -0.25) is 4.79 Å². The predicted octanol–water partition coefficient (Wildman–Crippen LogP) is 6.73. The number of aromatic nitrogens is 2. The summed E-state index contributed by atoms with van der Waals surface area (Å²) >= 11 is 13.2. The molecule has 7 nitrogen and oxygen atoms in total. The molecule has 0 aliphatic carbocycles. The number of hydrogen-bond acceptors (Lipinski definition) is 6. The van der Waals surface area contributed by atoms with Gasteiger partial charge in [-0.1, -0.05) is 54.0 Å². The third-order valence-corrected chi connectivity index (χ3v) is 9.18. The van der Waals surface area contributed by atoms with E-state index in [1.807, 2.05) is 18.9 Å². The van der Waals surface area contributed by atoms with Crippen LogP contribution in [0.15, 0.2) is 49.1 Å². The Bertz CT molecular complexity index is 1750. The first-order valence-corrected chi connectivity index (χ1v) is 15.0. The Balaban J connectivity index is 1.51. The number of fused-ring (bicyclic) bond motifs is 2. The summed E-state index contributed by atoms with van der Waals surface area (Å²) in [6.07, 6.45) is 3.36. The Hall–Kier alpha value is -3.53. The van der Waals surface area contributed by atoms with Crippen molar-refractivity contribution in [2.45, 2.75) is 31.8 Å². The van der Waals surface area contributed by atoms with Crippen LogP contribution in [0.5, 0.6) is 6.01 Å². The van der Waals surface area contributed by atoms with Gasteiger partial charge in [0, 0.05) is 48.1 Å². The second-order valence-corrected chi connectivity index (χ2v) is 11.9. The molecule has 0 saturated carbocycles. The first kappa shape index (κ1) is 29.5. The fourth-order valence-corrected chi connectivity index (χ4v) is 6.74. The van der Waals surface area contributed by atoms with Crippen LogP contribution in [0.1, 0.15) is 19.8 Å². The molecule has 2 atom stereocenters. The van der Waals surface area contributed by atoms with E-state index in [1.165, 1.54) is 12.1 Å². The van der Waals surface area contributed by atoms with Crippen LogP contribution in [0.3, 0.4) is 0 Å². The van der Waals surface area contributed by atoms with Crippen molar-refractivity contribution in [3.05, 3.63) is 70.7 Å². The smallest absolute Gasteiger partial charge is 0.319 e. The Labute approximate surface area is 258 Å². The maximum Gasteiger partial charge on any atom is 0.319 e. The maximum absolute atomic E-state index is 16.8. The molecular weight excluding hydrogens is 595 g/mol. The highest BCUT2D eigenvalue weighted by atomic mass is 35.5. The highest BCUT2D eigenvalue weighted by molar-refractivity contribution is 6.38. The van der Waals surface area contributed by atoms with Gasteiger partial charge in [-0.05, 0) is 62.5 Å². The van der Waals surface area contributed by atoms with Crippen molar-refractivity contribution in [3.8, 4) is 17.1 Å².